The standard InChI is InChI=1S/C13H20N2O2.ClH/c14-8-4-9-15-13(16)11-17-10-7-12-5-2-1-3-6-12;/h1-3,5-6H,4,7-11,14H2,(H,15,16);1H. The quantitative estimate of drug-likeness (QED) is 0.698. The zero-order valence-electron chi connectivity index (χ0n) is 10.4. The summed E-state index contributed by atoms with van der Waals surface area (Å²) in [5.41, 5.74) is 6.54. The molecule has 0 aliphatic rings. The summed E-state index contributed by atoms with van der Waals surface area (Å²) < 4.78 is 5.29. The van der Waals surface area contributed by atoms with Crippen LogP contribution in [0.5, 0.6) is 0 Å². The van der Waals surface area contributed by atoms with Gasteiger partial charge in [0.1, 0.15) is 6.61 Å². The summed E-state index contributed by atoms with van der Waals surface area (Å²) in [6, 6.07) is 10.1. The molecule has 0 atom stereocenters. The van der Waals surface area contributed by atoms with E-state index in [2.05, 4.69) is 5.32 Å². The SMILES string of the molecule is Cl.NCCCNC(=O)COCCc1ccccc1. The molecule has 3 N–H and O–H groups in total. The minimum atomic E-state index is -0.0773. The molecule has 1 aromatic carbocycles. The van der Waals surface area contributed by atoms with E-state index in [-0.39, 0.29) is 24.9 Å². The van der Waals surface area contributed by atoms with Crippen LogP contribution in [-0.4, -0.2) is 32.2 Å². The highest BCUT2D eigenvalue weighted by molar-refractivity contribution is 5.85. The van der Waals surface area contributed by atoms with Crippen molar-refractivity contribution in [3.63, 3.8) is 0 Å². The fourth-order valence-electron chi connectivity index (χ4n) is 1.38. The number of rotatable bonds is 8. The molecule has 0 heterocycles. The van der Waals surface area contributed by atoms with Crippen LogP contribution in [0.4, 0.5) is 0 Å². The zero-order valence-corrected chi connectivity index (χ0v) is 11.2. The number of nitrogens with one attached hydrogen (secondary N) is 1. The van der Waals surface area contributed by atoms with Crippen molar-refractivity contribution < 1.29 is 9.53 Å². The second-order valence-corrected chi connectivity index (χ2v) is 3.78. The summed E-state index contributed by atoms with van der Waals surface area (Å²) in [5.74, 6) is -0.0773. The Morgan fingerprint density at radius 2 is 2.00 bits per heavy atom. The van der Waals surface area contributed by atoms with Crippen LogP contribution in [0.3, 0.4) is 0 Å². The molecular weight excluding hydrogens is 252 g/mol. The first kappa shape index (κ1) is 16.9. The molecule has 0 bridgehead atoms. The Morgan fingerprint density at radius 3 is 2.67 bits per heavy atom. The third-order valence-electron chi connectivity index (χ3n) is 2.31. The van der Waals surface area contributed by atoms with Crippen molar-refractivity contribution in [1.82, 2.24) is 5.32 Å². The fraction of sp³-hybridized carbons (Fsp3) is 0.462. The average Bonchev–Trinajstić information content (AvgIpc) is 2.36. The van der Waals surface area contributed by atoms with Crippen molar-refractivity contribution >= 4 is 18.3 Å². The smallest absolute Gasteiger partial charge is 0.245 e. The molecule has 0 aromatic heterocycles. The van der Waals surface area contributed by atoms with Gasteiger partial charge >= 0.3 is 0 Å². The van der Waals surface area contributed by atoms with Gasteiger partial charge in [-0.1, -0.05) is 30.3 Å². The molecule has 0 saturated heterocycles. The van der Waals surface area contributed by atoms with E-state index in [1.54, 1.807) is 0 Å². The van der Waals surface area contributed by atoms with Gasteiger partial charge in [-0.15, -0.1) is 12.4 Å². The molecule has 0 aliphatic heterocycles. The maximum absolute atomic E-state index is 11.3. The van der Waals surface area contributed by atoms with Gasteiger partial charge in [0.2, 0.25) is 5.91 Å². The molecule has 0 unspecified atom stereocenters. The second-order valence-electron chi connectivity index (χ2n) is 3.78. The molecule has 102 valence electrons. The van der Waals surface area contributed by atoms with Crippen LogP contribution in [0.25, 0.3) is 0 Å². The van der Waals surface area contributed by atoms with Crippen LogP contribution < -0.4 is 11.1 Å². The Labute approximate surface area is 114 Å². The molecule has 0 fully saturated rings. The molecule has 0 radical (unpaired) electrons. The first-order valence-corrected chi connectivity index (χ1v) is 5.91. The Morgan fingerprint density at radius 1 is 1.28 bits per heavy atom. The summed E-state index contributed by atoms with van der Waals surface area (Å²) in [6.45, 7) is 1.90. The third-order valence-corrected chi connectivity index (χ3v) is 2.31. The average molecular weight is 273 g/mol. The van der Waals surface area contributed by atoms with Gasteiger partial charge in [0.05, 0.1) is 6.61 Å². The van der Waals surface area contributed by atoms with Gasteiger partial charge in [0.25, 0.3) is 0 Å². The molecule has 5 heteroatoms. The van der Waals surface area contributed by atoms with Gasteiger partial charge in [-0.2, -0.15) is 0 Å². The van der Waals surface area contributed by atoms with Gasteiger partial charge in [-0.25, -0.2) is 0 Å². The summed E-state index contributed by atoms with van der Waals surface area (Å²) in [6.07, 6.45) is 1.63. The van der Waals surface area contributed by atoms with Crippen molar-refractivity contribution in [3.05, 3.63) is 35.9 Å². The molecule has 18 heavy (non-hydrogen) atoms. The normalized spacial score (nSPS) is 9.61. The van der Waals surface area contributed by atoms with E-state index < -0.39 is 0 Å². The molecular formula is C13H21ClN2O2. The second kappa shape index (κ2) is 11.0. The van der Waals surface area contributed by atoms with Gasteiger partial charge in [0, 0.05) is 6.54 Å². The van der Waals surface area contributed by atoms with E-state index in [1.165, 1.54) is 5.56 Å². The summed E-state index contributed by atoms with van der Waals surface area (Å²) >= 11 is 0. The lowest BCUT2D eigenvalue weighted by Gasteiger charge is -2.05. The molecule has 0 saturated carbocycles. The van der Waals surface area contributed by atoms with Crippen LogP contribution in [0, 0.1) is 0 Å². The first-order valence-electron chi connectivity index (χ1n) is 5.91. The van der Waals surface area contributed by atoms with E-state index in [1.807, 2.05) is 30.3 Å². The lowest BCUT2D eigenvalue weighted by Crippen LogP contribution is -2.29. The van der Waals surface area contributed by atoms with Crippen molar-refractivity contribution in [2.24, 2.45) is 5.73 Å². The number of hydrogen-bond donors (Lipinski definition) is 2. The highest BCUT2D eigenvalue weighted by atomic mass is 35.5. The van der Waals surface area contributed by atoms with Crippen LogP contribution in [0.1, 0.15) is 12.0 Å². The Balaban J connectivity index is 0.00000289. The van der Waals surface area contributed by atoms with E-state index in [9.17, 15) is 4.79 Å². The molecule has 0 spiro atoms. The predicted molar refractivity (Wildman–Crippen MR) is 74.9 cm³/mol. The molecule has 1 amide bonds. The van der Waals surface area contributed by atoms with Gasteiger partial charge in [0.15, 0.2) is 0 Å². The highest BCUT2D eigenvalue weighted by Crippen LogP contribution is 1.99. The topological polar surface area (TPSA) is 64.3 Å². The van der Waals surface area contributed by atoms with E-state index in [0.29, 0.717) is 19.7 Å². The Hall–Kier alpha value is -1.10. The van der Waals surface area contributed by atoms with Crippen LogP contribution in [-0.2, 0) is 16.0 Å². The largest absolute Gasteiger partial charge is 0.371 e. The monoisotopic (exact) mass is 272 g/mol. The molecule has 1 aromatic rings. The lowest BCUT2D eigenvalue weighted by atomic mass is 10.2. The number of carbonyl (C=O) groups excluding carboxylic acids is 1. The van der Waals surface area contributed by atoms with Crippen molar-refractivity contribution in [3.8, 4) is 0 Å². The number of amides is 1. The maximum atomic E-state index is 11.3. The predicted octanol–water partition coefficient (Wildman–Crippen LogP) is 1.13. The van der Waals surface area contributed by atoms with Crippen molar-refractivity contribution in [1.29, 1.82) is 0 Å². The van der Waals surface area contributed by atoms with E-state index >= 15 is 0 Å². The van der Waals surface area contributed by atoms with Crippen molar-refractivity contribution in [2.75, 3.05) is 26.3 Å². The molecule has 1 rings (SSSR count). The first-order chi connectivity index (χ1) is 8.33. The number of ether oxygens (including phenoxy) is 1. The zero-order chi connectivity index (χ0) is 12.3. The van der Waals surface area contributed by atoms with E-state index in [0.717, 1.165) is 12.8 Å². The summed E-state index contributed by atoms with van der Waals surface area (Å²) in [5, 5.41) is 2.74. The van der Waals surface area contributed by atoms with Gasteiger partial charge in [-0.3, -0.25) is 4.79 Å². The number of carbonyl (C=O) groups is 1. The van der Waals surface area contributed by atoms with Gasteiger partial charge < -0.3 is 15.8 Å². The fourth-order valence-corrected chi connectivity index (χ4v) is 1.38. The highest BCUT2D eigenvalue weighted by Gasteiger charge is 2.00. The number of halogens is 1. The van der Waals surface area contributed by atoms with E-state index in [4.69, 9.17) is 10.5 Å². The Kier molecular flexibility index (Phi) is 10.3. The minimum Gasteiger partial charge on any atom is -0.371 e. The van der Waals surface area contributed by atoms with Crippen molar-refractivity contribution in [2.45, 2.75) is 12.8 Å². The van der Waals surface area contributed by atoms with Crippen LogP contribution >= 0.6 is 12.4 Å². The molecule has 0 aliphatic carbocycles. The lowest BCUT2D eigenvalue weighted by molar-refractivity contribution is -0.125. The summed E-state index contributed by atoms with van der Waals surface area (Å²) in [4.78, 5) is 11.3. The van der Waals surface area contributed by atoms with Crippen LogP contribution in [0.2, 0.25) is 0 Å². The Bertz CT molecular complexity index is 320. The van der Waals surface area contributed by atoms with Crippen LogP contribution in [0.15, 0.2) is 30.3 Å². The minimum absolute atomic E-state index is 0. The number of benzene rings is 1. The van der Waals surface area contributed by atoms with Gasteiger partial charge in [-0.05, 0) is 24.9 Å². The third kappa shape index (κ3) is 8.06. The number of nitrogens with two attached hydrogens (primary N) is 1. The maximum Gasteiger partial charge on any atom is 0.245 e. The number of hydrogen-bond acceptors (Lipinski definition) is 3. The molecule has 4 nitrogen and oxygen atoms in total. The summed E-state index contributed by atoms with van der Waals surface area (Å²) in [7, 11) is 0.